The van der Waals surface area contributed by atoms with Crippen LogP contribution in [0, 0.1) is 0 Å². The summed E-state index contributed by atoms with van der Waals surface area (Å²) in [5.74, 6) is 0. The van der Waals surface area contributed by atoms with E-state index < -0.39 is 0 Å². The second-order valence-corrected chi connectivity index (χ2v) is 4.59. The van der Waals surface area contributed by atoms with E-state index in [1.807, 2.05) is 18.7 Å². The van der Waals surface area contributed by atoms with Gasteiger partial charge in [-0.3, -0.25) is 0 Å². The van der Waals surface area contributed by atoms with E-state index in [-0.39, 0.29) is 0 Å². The van der Waals surface area contributed by atoms with Crippen LogP contribution in [-0.2, 0) is 0 Å². The fraction of sp³-hybridized carbons (Fsp3) is 0.500. The average Bonchev–Trinajstić information content (AvgIpc) is 2.50. The van der Waals surface area contributed by atoms with Gasteiger partial charge in [0.15, 0.2) is 0 Å². The highest BCUT2D eigenvalue weighted by molar-refractivity contribution is 8.04. The zero-order chi connectivity index (χ0) is 10.6. The van der Waals surface area contributed by atoms with Crippen LogP contribution in [0.1, 0.15) is 27.7 Å². The first kappa shape index (κ1) is 11.4. The number of hydrogen-bond acceptors (Lipinski definition) is 2. The van der Waals surface area contributed by atoms with Crippen molar-refractivity contribution in [3.8, 4) is 0 Å². The van der Waals surface area contributed by atoms with E-state index in [4.69, 9.17) is 0 Å². The number of nitrogens with zero attached hydrogens (tertiary/aromatic N) is 1. The van der Waals surface area contributed by atoms with Crippen molar-refractivity contribution >= 4 is 11.8 Å². The van der Waals surface area contributed by atoms with Crippen LogP contribution in [0.3, 0.4) is 0 Å². The van der Waals surface area contributed by atoms with Gasteiger partial charge in [0, 0.05) is 11.4 Å². The fourth-order valence-corrected chi connectivity index (χ4v) is 2.85. The van der Waals surface area contributed by atoms with Crippen molar-refractivity contribution in [2.24, 2.45) is 0 Å². The highest BCUT2D eigenvalue weighted by Gasteiger charge is 2.26. The summed E-state index contributed by atoms with van der Waals surface area (Å²) in [6.07, 6.45) is 8.59. The predicted molar refractivity (Wildman–Crippen MR) is 66.1 cm³/mol. The Morgan fingerprint density at radius 1 is 1.43 bits per heavy atom. The third-order valence-electron chi connectivity index (χ3n) is 2.35. The summed E-state index contributed by atoms with van der Waals surface area (Å²) < 4.78 is 0. The van der Waals surface area contributed by atoms with Crippen molar-refractivity contribution in [2.75, 3.05) is 6.54 Å². The number of rotatable bonds is 2. The van der Waals surface area contributed by atoms with Crippen LogP contribution >= 0.6 is 11.8 Å². The Hall–Kier alpha value is -0.630. The molecule has 1 fully saturated rings. The van der Waals surface area contributed by atoms with Crippen molar-refractivity contribution in [1.82, 2.24) is 4.90 Å². The number of allylic oxidation sites excluding steroid dienone is 4. The monoisotopic (exact) mass is 209 g/mol. The lowest BCUT2D eigenvalue weighted by Gasteiger charge is -2.21. The largest absolute Gasteiger partial charge is 0.359 e. The lowest BCUT2D eigenvalue weighted by Crippen LogP contribution is -2.23. The molecular formula is C12H19NS. The Morgan fingerprint density at radius 2 is 2.14 bits per heavy atom. The SMILES string of the molecule is C\C=C/C=C1\C(=C/C)SC(C)N1CC. The van der Waals surface area contributed by atoms with Crippen molar-refractivity contribution in [3.05, 3.63) is 34.9 Å². The van der Waals surface area contributed by atoms with Crippen LogP contribution in [0.5, 0.6) is 0 Å². The summed E-state index contributed by atoms with van der Waals surface area (Å²) in [4.78, 5) is 3.83. The Morgan fingerprint density at radius 3 is 2.64 bits per heavy atom. The minimum Gasteiger partial charge on any atom is -0.359 e. The predicted octanol–water partition coefficient (Wildman–Crippen LogP) is 3.76. The molecule has 1 aliphatic rings. The molecule has 1 heterocycles. The number of likely N-dealkylation sites (N-methyl/N-ethyl adjacent to an activating group) is 1. The molecule has 0 aromatic carbocycles. The van der Waals surface area contributed by atoms with Crippen LogP contribution in [-0.4, -0.2) is 16.8 Å². The number of hydrogen-bond donors (Lipinski definition) is 0. The summed E-state index contributed by atoms with van der Waals surface area (Å²) in [5.41, 5.74) is 1.37. The summed E-state index contributed by atoms with van der Waals surface area (Å²) >= 11 is 1.94. The maximum Gasteiger partial charge on any atom is 0.0769 e. The van der Waals surface area contributed by atoms with Gasteiger partial charge in [-0.2, -0.15) is 0 Å². The van der Waals surface area contributed by atoms with E-state index in [0.29, 0.717) is 5.37 Å². The van der Waals surface area contributed by atoms with Crippen LogP contribution in [0.2, 0.25) is 0 Å². The van der Waals surface area contributed by atoms with Gasteiger partial charge in [-0.15, -0.1) is 0 Å². The Balaban J connectivity index is 2.96. The molecule has 78 valence electrons. The summed E-state index contributed by atoms with van der Waals surface area (Å²) in [6.45, 7) is 9.70. The van der Waals surface area contributed by atoms with Crippen molar-refractivity contribution in [3.63, 3.8) is 0 Å². The molecule has 1 nitrogen and oxygen atoms in total. The molecule has 1 saturated heterocycles. The van der Waals surface area contributed by atoms with E-state index in [9.17, 15) is 0 Å². The van der Waals surface area contributed by atoms with Gasteiger partial charge in [0.25, 0.3) is 0 Å². The molecule has 1 rings (SSSR count). The molecule has 1 aliphatic heterocycles. The van der Waals surface area contributed by atoms with Gasteiger partial charge in [-0.05, 0) is 33.8 Å². The molecule has 14 heavy (non-hydrogen) atoms. The molecule has 0 bridgehead atoms. The summed E-state index contributed by atoms with van der Waals surface area (Å²) in [7, 11) is 0. The lowest BCUT2D eigenvalue weighted by molar-refractivity contribution is 0.377. The molecule has 2 heteroatoms. The van der Waals surface area contributed by atoms with Crippen molar-refractivity contribution in [2.45, 2.75) is 33.1 Å². The summed E-state index contributed by atoms with van der Waals surface area (Å²) in [6, 6.07) is 0. The first-order valence-electron chi connectivity index (χ1n) is 5.17. The molecule has 1 atom stereocenters. The Bertz CT molecular complexity index is 276. The molecule has 0 N–H and O–H groups in total. The third-order valence-corrected chi connectivity index (χ3v) is 3.64. The highest BCUT2D eigenvalue weighted by Crippen LogP contribution is 2.41. The first-order valence-corrected chi connectivity index (χ1v) is 6.05. The Labute approximate surface area is 91.6 Å². The molecular weight excluding hydrogens is 190 g/mol. The van der Waals surface area contributed by atoms with Gasteiger partial charge in [0.05, 0.1) is 11.1 Å². The van der Waals surface area contributed by atoms with Gasteiger partial charge in [-0.1, -0.05) is 30.0 Å². The first-order chi connectivity index (χ1) is 6.74. The van der Waals surface area contributed by atoms with Crippen LogP contribution in [0.4, 0.5) is 0 Å². The topological polar surface area (TPSA) is 3.24 Å². The summed E-state index contributed by atoms with van der Waals surface area (Å²) in [5, 5.41) is 0.572. The molecule has 0 aliphatic carbocycles. The zero-order valence-corrected chi connectivity index (χ0v) is 10.3. The van der Waals surface area contributed by atoms with Gasteiger partial charge in [0.2, 0.25) is 0 Å². The van der Waals surface area contributed by atoms with E-state index in [1.165, 1.54) is 10.6 Å². The molecule has 0 amide bonds. The van der Waals surface area contributed by atoms with Gasteiger partial charge < -0.3 is 4.90 Å². The molecule has 1 unspecified atom stereocenters. The van der Waals surface area contributed by atoms with Gasteiger partial charge in [-0.25, -0.2) is 0 Å². The zero-order valence-electron chi connectivity index (χ0n) is 9.45. The van der Waals surface area contributed by atoms with Gasteiger partial charge in [0.1, 0.15) is 0 Å². The maximum atomic E-state index is 2.43. The van der Waals surface area contributed by atoms with Crippen LogP contribution < -0.4 is 0 Å². The highest BCUT2D eigenvalue weighted by atomic mass is 32.2. The second-order valence-electron chi connectivity index (χ2n) is 3.23. The Kier molecular flexibility index (Phi) is 4.33. The normalized spacial score (nSPS) is 28.6. The van der Waals surface area contributed by atoms with E-state index >= 15 is 0 Å². The van der Waals surface area contributed by atoms with Gasteiger partial charge >= 0.3 is 0 Å². The van der Waals surface area contributed by atoms with Crippen molar-refractivity contribution in [1.29, 1.82) is 0 Å². The van der Waals surface area contributed by atoms with E-state index in [0.717, 1.165) is 6.54 Å². The van der Waals surface area contributed by atoms with Crippen LogP contribution in [0.15, 0.2) is 34.9 Å². The third kappa shape index (κ3) is 2.24. The fourth-order valence-electron chi connectivity index (χ4n) is 1.65. The van der Waals surface area contributed by atoms with Crippen molar-refractivity contribution < 1.29 is 0 Å². The molecule has 0 spiro atoms. The minimum atomic E-state index is 0.572. The molecule has 0 aromatic heterocycles. The second kappa shape index (κ2) is 5.30. The quantitative estimate of drug-likeness (QED) is 0.681. The molecule has 0 aromatic rings. The smallest absolute Gasteiger partial charge is 0.0769 e. The minimum absolute atomic E-state index is 0.572. The standard InChI is InChI=1S/C12H19NS/c1-5-8-9-11-12(6-2)14-10(4)13(11)7-3/h5-6,8-10H,7H2,1-4H3/b8-5-,11-9+,12-6+. The maximum absolute atomic E-state index is 2.43. The number of thioether (sulfide) groups is 1. The molecule has 0 saturated carbocycles. The lowest BCUT2D eigenvalue weighted by atomic mass is 10.3. The van der Waals surface area contributed by atoms with E-state index in [2.05, 4.69) is 50.0 Å². The van der Waals surface area contributed by atoms with E-state index in [1.54, 1.807) is 0 Å². The van der Waals surface area contributed by atoms with Crippen LogP contribution in [0.25, 0.3) is 0 Å². The average molecular weight is 209 g/mol. The molecule has 0 radical (unpaired) electrons.